The van der Waals surface area contributed by atoms with Gasteiger partial charge in [0.15, 0.2) is 8.32 Å². The second-order valence-electron chi connectivity index (χ2n) is 7.56. The summed E-state index contributed by atoms with van der Waals surface area (Å²) >= 11 is 0. The maximum absolute atomic E-state index is 11.3. The Bertz CT molecular complexity index is 587. The van der Waals surface area contributed by atoms with E-state index < -0.39 is 20.4 Å². The Labute approximate surface area is 151 Å². The quantitative estimate of drug-likeness (QED) is 0.523. The lowest BCUT2D eigenvalue weighted by molar-refractivity contribution is -0.134. The monoisotopic (exact) mass is 366 g/mol. The minimum atomic E-state index is -2.14. The molecule has 0 aromatic heterocycles. The molecule has 0 aliphatic carbocycles. The molecule has 0 bridgehead atoms. The number of carboxylic acid groups (broad SMARTS) is 1. The molecule has 1 atom stereocenters. The highest BCUT2D eigenvalue weighted by Crippen LogP contribution is 2.38. The molecule has 140 valence electrons. The Hall–Kier alpha value is -1.63. The van der Waals surface area contributed by atoms with Crippen molar-refractivity contribution in [3.63, 3.8) is 0 Å². The van der Waals surface area contributed by atoms with Gasteiger partial charge in [0.1, 0.15) is 11.9 Å². The third-order valence-corrected chi connectivity index (χ3v) is 9.09. The van der Waals surface area contributed by atoms with Crippen LogP contribution in [0.4, 0.5) is 0 Å². The van der Waals surface area contributed by atoms with Crippen LogP contribution < -0.4 is 4.74 Å². The van der Waals surface area contributed by atoms with Crippen molar-refractivity contribution in [2.24, 2.45) is 0 Å². The van der Waals surface area contributed by atoms with Gasteiger partial charge in [-0.25, -0.2) is 4.79 Å². The fraction of sp³-hybridized carbons (Fsp3) is 0.526. The van der Waals surface area contributed by atoms with Crippen molar-refractivity contribution in [2.75, 3.05) is 13.7 Å². The highest BCUT2D eigenvalue weighted by Gasteiger charge is 2.40. The van der Waals surface area contributed by atoms with Gasteiger partial charge in [0.05, 0.1) is 25.9 Å². The van der Waals surface area contributed by atoms with Gasteiger partial charge in [0, 0.05) is 0 Å². The van der Waals surface area contributed by atoms with Crippen molar-refractivity contribution < 1.29 is 23.8 Å². The number of aliphatic carboxylic acids is 1. The second kappa shape index (κ2) is 8.65. The van der Waals surface area contributed by atoms with E-state index in [1.165, 1.54) is 0 Å². The van der Waals surface area contributed by atoms with Crippen molar-refractivity contribution in [1.82, 2.24) is 0 Å². The van der Waals surface area contributed by atoms with E-state index in [1.54, 1.807) is 7.11 Å². The first-order valence-corrected chi connectivity index (χ1v) is 11.2. The first-order valence-electron chi connectivity index (χ1n) is 8.28. The summed E-state index contributed by atoms with van der Waals surface area (Å²) in [4.78, 5) is 11.3. The molecular weight excluding hydrogens is 336 g/mol. The number of ether oxygens (including phenoxy) is 2. The van der Waals surface area contributed by atoms with Crippen LogP contribution in [0.2, 0.25) is 18.1 Å². The average Bonchev–Trinajstić information content (AvgIpc) is 2.52. The van der Waals surface area contributed by atoms with Gasteiger partial charge in [-0.05, 0) is 35.8 Å². The van der Waals surface area contributed by atoms with E-state index in [0.29, 0.717) is 6.61 Å². The zero-order chi connectivity index (χ0) is 19.3. The predicted octanol–water partition coefficient (Wildman–Crippen LogP) is 4.24. The number of benzene rings is 1. The molecule has 0 saturated heterocycles. The number of hydrogen-bond acceptors (Lipinski definition) is 4. The maximum atomic E-state index is 11.3. The first kappa shape index (κ1) is 21.4. The number of methoxy groups -OCH3 is 1. The number of carbonyl (C=O) groups is 1. The van der Waals surface area contributed by atoms with Crippen LogP contribution in [0, 0.1) is 0 Å². The van der Waals surface area contributed by atoms with E-state index in [2.05, 4.69) is 40.4 Å². The molecule has 6 heteroatoms. The molecule has 0 radical (unpaired) electrons. The van der Waals surface area contributed by atoms with E-state index in [0.717, 1.165) is 11.3 Å². The zero-order valence-corrected chi connectivity index (χ0v) is 17.1. The molecule has 1 aromatic carbocycles. The fourth-order valence-corrected chi connectivity index (χ4v) is 3.16. The molecule has 0 aliphatic heterocycles. The van der Waals surface area contributed by atoms with Gasteiger partial charge < -0.3 is 19.0 Å². The lowest BCUT2D eigenvalue weighted by Gasteiger charge is -2.39. The van der Waals surface area contributed by atoms with Crippen LogP contribution in [-0.4, -0.2) is 39.2 Å². The molecule has 0 aliphatic rings. The van der Waals surface area contributed by atoms with E-state index in [4.69, 9.17) is 13.9 Å². The molecular formula is C19H30O5Si. The number of rotatable bonds is 9. The second-order valence-corrected chi connectivity index (χ2v) is 12.3. The Kier molecular flexibility index (Phi) is 7.40. The van der Waals surface area contributed by atoms with E-state index in [-0.39, 0.29) is 17.2 Å². The Morgan fingerprint density at radius 3 is 2.24 bits per heavy atom. The summed E-state index contributed by atoms with van der Waals surface area (Å²) in [5.41, 5.74) is 1.01. The number of hydrogen-bond donors (Lipinski definition) is 1. The molecule has 0 saturated carbocycles. The summed E-state index contributed by atoms with van der Waals surface area (Å²) in [5, 5.41) is 9.26. The molecule has 0 spiro atoms. The molecule has 25 heavy (non-hydrogen) atoms. The normalized spacial score (nSPS) is 13.4. The summed E-state index contributed by atoms with van der Waals surface area (Å²) < 4.78 is 17.1. The van der Waals surface area contributed by atoms with Gasteiger partial charge in [0.25, 0.3) is 0 Å². The molecule has 0 amide bonds. The van der Waals surface area contributed by atoms with Crippen molar-refractivity contribution >= 4 is 14.3 Å². The van der Waals surface area contributed by atoms with Crippen molar-refractivity contribution in [2.45, 2.75) is 51.6 Å². The topological polar surface area (TPSA) is 65.0 Å². The molecule has 0 unspecified atom stereocenters. The Balaban J connectivity index is 2.74. The van der Waals surface area contributed by atoms with Crippen molar-refractivity contribution in [3.8, 4) is 5.75 Å². The Morgan fingerprint density at radius 1 is 1.24 bits per heavy atom. The summed E-state index contributed by atoms with van der Waals surface area (Å²) in [6.07, 6.45) is -0.656. The molecule has 1 aromatic rings. The SMILES string of the molecule is C=C(C(=O)O)[C@@H](COCc1ccc(OC)cc1)O[Si](C)(C)C(C)(C)C. The molecule has 5 nitrogen and oxygen atoms in total. The minimum absolute atomic E-state index is 0.0274. The van der Waals surface area contributed by atoms with Gasteiger partial charge in [-0.15, -0.1) is 0 Å². The maximum Gasteiger partial charge on any atom is 0.333 e. The van der Waals surface area contributed by atoms with Crippen LogP contribution in [0.5, 0.6) is 5.75 Å². The van der Waals surface area contributed by atoms with Crippen LogP contribution in [0.1, 0.15) is 26.3 Å². The van der Waals surface area contributed by atoms with Gasteiger partial charge in [-0.2, -0.15) is 0 Å². The van der Waals surface area contributed by atoms with Gasteiger partial charge in [0.2, 0.25) is 0 Å². The largest absolute Gasteiger partial charge is 0.497 e. The van der Waals surface area contributed by atoms with Crippen LogP contribution in [0.25, 0.3) is 0 Å². The first-order chi connectivity index (χ1) is 11.5. The van der Waals surface area contributed by atoms with E-state index in [9.17, 15) is 9.90 Å². The summed E-state index contributed by atoms with van der Waals surface area (Å²) in [7, 11) is -0.522. The van der Waals surface area contributed by atoms with Crippen molar-refractivity contribution in [1.29, 1.82) is 0 Å². The minimum Gasteiger partial charge on any atom is -0.497 e. The molecule has 0 heterocycles. The highest BCUT2D eigenvalue weighted by molar-refractivity contribution is 6.74. The van der Waals surface area contributed by atoms with Crippen LogP contribution >= 0.6 is 0 Å². The Morgan fingerprint density at radius 2 is 1.80 bits per heavy atom. The third-order valence-electron chi connectivity index (χ3n) is 4.60. The molecule has 1 N–H and O–H groups in total. The van der Waals surface area contributed by atoms with Gasteiger partial charge in [-0.3, -0.25) is 0 Å². The van der Waals surface area contributed by atoms with E-state index in [1.807, 2.05) is 24.3 Å². The van der Waals surface area contributed by atoms with Crippen molar-refractivity contribution in [3.05, 3.63) is 42.0 Å². The molecule has 0 fully saturated rings. The zero-order valence-electron chi connectivity index (χ0n) is 16.1. The fourth-order valence-electron chi connectivity index (χ4n) is 1.88. The molecule has 1 rings (SSSR count). The standard InChI is InChI=1S/C19H30O5Si/c1-14(18(20)21)17(24-25(6,7)19(2,3)4)13-23-12-15-8-10-16(22-5)11-9-15/h8-11,17H,1,12-13H2,2-7H3,(H,20,21)/t17-/m1/s1. The van der Waals surface area contributed by atoms with Gasteiger partial charge in [-0.1, -0.05) is 39.5 Å². The summed E-state index contributed by atoms with van der Waals surface area (Å²) in [5.74, 6) is -0.279. The summed E-state index contributed by atoms with van der Waals surface area (Å²) in [6, 6.07) is 7.54. The smallest absolute Gasteiger partial charge is 0.333 e. The van der Waals surface area contributed by atoms with Crippen LogP contribution in [0.15, 0.2) is 36.4 Å². The van der Waals surface area contributed by atoms with Gasteiger partial charge >= 0.3 is 5.97 Å². The van der Waals surface area contributed by atoms with Crippen LogP contribution in [0.3, 0.4) is 0 Å². The van der Waals surface area contributed by atoms with E-state index >= 15 is 0 Å². The lowest BCUT2D eigenvalue weighted by Crippen LogP contribution is -2.46. The lowest BCUT2D eigenvalue weighted by atomic mass is 10.2. The summed E-state index contributed by atoms with van der Waals surface area (Å²) in [6.45, 7) is 14.7. The third kappa shape index (κ3) is 6.30. The highest BCUT2D eigenvalue weighted by atomic mass is 28.4. The average molecular weight is 367 g/mol. The predicted molar refractivity (Wildman–Crippen MR) is 101 cm³/mol. The number of carboxylic acids is 1. The van der Waals surface area contributed by atoms with Crippen LogP contribution in [-0.2, 0) is 20.6 Å².